The SMILES string of the molecule is NC1(C(F)F)CCCN(c2ccccc2)C1. The van der Waals surface area contributed by atoms with Crippen LogP contribution in [0.1, 0.15) is 12.8 Å². The molecule has 1 aliphatic rings. The number of alkyl halides is 2. The number of halogens is 2. The van der Waals surface area contributed by atoms with Crippen molar-refractivity contribution in [2.45, 2.75) is 24.8 Å². The van der Waals surface area contributed by atoms with Gasteiger partial charge in [0.05, 0.1) is 5.54 Å². The molecule has 2 N–H and O–H groups in total. The van der Waals surface area contributed by atoms with Gasteiger partial charge in [0.1, 0.15) is 0 Å². The number of rotatable bonds is 2. The summed E-state index contributed by atoms with van der Waals surface area (Å²) >= 11 is 0. The molecule has 1 unspecified atom stereocenters. The van der Waals surface area contributed by atoms with Crippen molar-refractivity contribution < 1.29 is 8.78 Å². The molecule has 2 rings (SSSR count). The highest BCUT2D eigenvalue weighted by atomic mass is 19.3. The largest absolute Gasteiger partial charge is 0.369 e. The molecule has 0 bridgehead atoms. The Morgan fingerprint density at radius 1 is 1.25 bits per heavy atom. The standard InChI is InChI=1S/C12H16F2N2/c13-11(14)12(15)7-4-8-16(9-12)10-5-2-1-3-6-10/h1-3,5-6,11H,4,7-9,15H2. The van der Waals surface area contributed by atoms with Crippen molar-refractivity contribution in [3.8, 4) is 0 Å². The van der Waals surface area contributed by atoms with E-state index in [0.717, 1.165) is 18.7 Å². The van der Waals surface area contributed by atoms with Crippen LogP contribution in [-0.4, -0.2) is 25.1 Å². The van der Waals surface area contributed by atoms with Crippen LogP contribution in [0, 0.1) is 0 Å². The van der Waals surface area contributed by atoms with Gasteiger partial charge in [-0.3, -0.25) is 0 Å². The Kier molecular flexibility index (Phi) is 3.10. The molecule has 2 nitrogen and oxygen atoms in total. The maximum absolute atomic E-state index is 12.8. The highest BCUT2D eigenvalue weighted by Gasteiger charge is 2.39. The van der Waals surface area contributed by atoms with Crippen molar-refractivity contribution >= 4 is 5.69 Å². The average Bonchev–Trinajstić information content (AvgIpc) is 2.30. The first kappa shape index (κ1) is 11.3. The van der Waals surface area contributed by atoms with Crippen LogP contribution in [0.4, 0.5) is 14.5 Å². The molecule has 1 saturated heterocycles. The molecule has 88 valence electrons. The van der Waals surface area contributed by atoms with Crippen LogP contribution in [0.15, 0.2) is 30.3 Å². The number of nitrogens with two attached hydrogens (primary N) is 1. The first-order valence-electron chi connectivity index (χ1n) is 5.49. The van der Waals surface area contributed by atoms with Gasteiger partial charge >= 0.3 is 0 Å². The summed E-state index contributed by atoms with van der Waals surface area (Å²) in [6, 6.07) is 9.58. The van der Waals surface area contributed by atoms with E-state index in [4.69, 9.17) is 5.73 Å². The lowest BCUT2D eigenvalue weighted by molar-refractivity contribution is 0.0448. The zero-order valence-corrected chi connectivity index (χ0v) is 9.07. The van der Waals surface area contributed by atoms with Gasteiger partial charge in [0, 0.05) is 18.8 Å². The van der Waals surface area contributed by atoms with Gasteiger partial charge in [-0.2, -0.15) is 0 Å². The lowest BCUT2D eigenvalue weighted by Crippen LogP contribution is -2.59. The van der Waals surface area contributed by atoms with Crippen molar-refractivity contribution in [2.24, 2.45) is 5.73 Å². The van der Waals surface area contributed by atoms with Crippen molar-refractivity contribution in [3.63, 3.8) is 0 Å². The fraction of sp³-hybridized carbons (Fsp3) is 0.500. The average molecular weight is 226 g/mol. The van der Waals surface area contributed by atoms with Gasteiger partial charge < -0.3 is 10.6 Å². The summed E-state index contributed by atoms with van der Waals surface area (Å²) in [5.74, 6) is 0. The maximum Gasteiger partial charge on any atom is 0.258 e. The van der Waals surface area contributed by atoms with Crippen molar-refractivity contribution in [3.05, 3.63) is 30.3 Å². The number of hydrogen-bond acceptors (Lipinski definition) is 2. The van der Waals surface area contributed by atoms with Gasteiger partial charge in [-0.15, -0.1) is 0 Å². The Balaban J connectivity index is 2.14. The van der Waals surface area contributed by atoms with Crippen LogP contribution in [0.3, 0.4) is 0 Å². The van der Waals surface area contributed by atoms with Gasteiger partial charge in [0.25, 0.3) is 6.43 Å². The molecule has 1 atom stereocenters. The van der Waals surface area contributed by atoms with Gasteiger partial charge in [-0.25, -0.2) is 8.78 Å². The molecule has 0 spiro atoms. The molecule has 1 aromatic rings. The Labute approximate surface area is 94.0 Å². The molecule has 0 radical (unpaired) electrons. The predicted octanol–water partition coefficient (Wildman–Crippen LogP) is 2.25. The third kappa shape index (κ3) is 2.16. The van der Waals surface area contributed by atoms with Gasteiger partial charge in [0.15, 0.2) is 0 Å². The summed E-state index contributed by atoms with van der Waals surface area (Å²) < 4.78 is 25.7. The molecule has 16 heavy (non-hydrogen) atoms. The topological polar surface area (TPSA) is 29.3 Å². The summed E-state index contributed by atoms with van der Waals surface area (Å²) in [6.07, 6.45) is -1.34. The second kappa shape index (κ2) is 4.37. The molecule has 1 aromatic carbocycles. The second-order valence-electron chi connectivity index (χ2n) is 4.39. The van der Waals surface area contributed by atoms with E-state index in [2.05, 4.69) is 0 Å². The number of hydrogen-bond donors (Lipinski definition) is 1. The van der Waals surface area contributed by atoms with E-state index in [0.29, 0.717) is 6.42 Å². The molecule has 4 heteroatoms. The predicted molar refractivity (Wildman–Crippen MR) is 60.8 cm³/mol. The molecule has 1 fully saturated rings. The highest BCUT2D eigenvalue weighted by molar-refractivity contribution is 5.47. The zero-order valence-electron chi connectivity index (χ0n) is 9.07. The number of nitrogens with zero attached hydrogens (tertiary/aromatic N) is 1. The molecule has 0 amide bonds. The van der Waals surface area contributed by atoms with E-state index in [1.54, 1.807) is 0 Å². The first-order valence-corrected chi connectivity index (χ1v) is 5.49. The van der Waals surface area contributed by atoms with Gasteiger partial charge in [-0.1, -0.05) is 18.2 Å². The van der Waals surface area contributed by atoms with Crippen LogP contribution in [-0.2, 0) is 0 Å². The molecular formula is C12H16F2N2. The summed E-state index contributed by atoms with van der Waals surface area (Å²) in [4.78, 5) is 1.94. The Hall–Kier alpha value is -1.16. The van der Waals surface area contributed by atoms with Crippen LogP contribution in [0.5, 0.6) is 0 Å². The summed E-state index contributed by atoms with van der Waals surface area (Å²) in [7, 11) is 0. The maximum atomic E-state index is 12.8. The summed E-state index contributed by atoms with van der Waals surface area (Å²) in [5.41, 5.74) is 5.35. The van der Waals surface area contributed by atoms with Crippen LogP contribution < -0.4 is 10.6 Å². The minimum Gasteiger partial charge on any atom is -0.369 e. The van der Waals surface area contributed by atoms with E-state index in [1.165, 1.54) is 0 Å². The van der Waals surface area contributed by atoms with Crippen LogP contribution in [0.2, 0.25) is 0 Å². The lowest BCUT2D eigenvalue weighted by atomic mass is 9.90. The molecule has 0 aliphatic carbocycles. The van der Waals surface area contributed by atoms with Gasteiger partial charge in [-0.05, 0) is 25.0 Å². The van der Waals surface area contributed by atoms with Crippen LogP contribution in [0.25, 0.3) is 0 Å². The molecule has 1 heterocycles. The monoisotopic (exact) mass is 226 g/mol. The summed E-state index contributed by atoms with van der Waals surface area (Å²) in [5, 5.41) is 0. The quantitative estimate of drug-likeness (QED) is 0.838. The Morgan fingerprint density at radius 2 is 1.94 bits per heavy atom. The smallest absolute Gasteiger partial charge is 0.258 e. The van der Waals surface area contributed by atoms with Crippen molar-refractivity contribution in [1.29, 1.82) is 0 Å². The molecule has 0 aromatic heterocycles. The highest BCUT2D eigenvalue weighted by Crippen LogP contribution is 2.28. The number of anilines is 1. The summed E-state index contributed by atoms with van der Waals surface area (Å²) in [6.45, 7) is 1.03. The normalized spacial score (nSPS) is 26.1. The Morgan fingerprint density at radius 3 is 2.56 bits per heavy atom. The Bertz CT molecular complexity index is 342. The minimum atomic E-state index is -2.46. The van der Waals surface area contributed by atoms with E-state index >= 15 is 0 Å². The van der Waals surface area contributed by atoms with Crippen molar-refractivity contribution in [1.82, 2.24) is 0 Å². The first-order chi connectivity index (χ1) is 7.62. The fourth-order valence-electron chi connectivity index (χ4n) is 2.15. The number of piperidine rings is 1. The van der Waals surface area contributed by atoms with Crippen molar-refractivity contribution in [2.75, 3.05) is 18.0 Å². The fourth-order valence-corrected chi connectivity index (χ4v) is 2.15. The van der Waals surface area contributed by atoms with Gasteiger partial charge in [0.2, 0.25) is 0 Å². The lowest BCUT2D eigenvalue weighted by Gasteiger charge is -2.40. The third-order valence-electron chi connectivity index (χ3n) is 3.11. The zero-order chi connectivity index (χ0) is 11.6. The number of benzene rings is 1. The molecule has 1 aliphatic heterocycles. The van der Waals surface area contributed by atoms with E-state index in [9.17, 15) is 8.78 Å². The van der Waals surface area contributed by atoms with E-state index < -0.39 is 12.0 Å². The number of para-hydroxylation sites is 1. The molecule has 0 saturated carbocycles. The van der Waals surface area contributed by atoms with E-state index in [-0.39, 0.29) is 6.54 Å². The second-order valence-corrected chi connectivity index (χ2v) is 4.39. The minimum absolute atomic E-state index is 0.231. The molecular weight excluding hydrogens is 210 g/mol. The van der Waals surface area contributed by atoms with E-state index in [1.807, 2.05) is 35.2 Å². The van der Waals surface area contributed by atoms with Crippen LogP contribution >= 0.6 is 0 Å². The third-order valence-corrected chi connectivity index (χ3v) is 3.11.